The van der Waals surface area contributed by atoms with E-state index in [1.807, 2.05) is 0 Å². The zero-order chi connectivity index (χ0) is 9.65. The van der Waals surface area contributed by atoms with Crippen molar-refractivity contribution >= 4 is 83.5 Å². The van der Waals surface area contributed by atoms with Gasteiger partial charge in [0.1, 0.15) is 0 Å². The third kappa shape index (κ3) is 22.7. The quantitative estimate of drug-likeness (QED) is 0.524. The average Bonchev–Trinajstić information content (AvgIpc) is 1.59. The molecule has 1 N–H and O–H groups in total. The number of halogens is 7. The molecule has 12 heavy (non-hydrogen) atoms. The maximum absolute atomic E-state index is 9.62. The van der Waals surface area contributed by atoms with E-state index in [0.717, 1.165) is 0 Å². The molecule has 0 atom stereocenters. The first-order valence-electron chi connectivity index (χ1n) is 1.65. The molecule has 0 aromatic rings. The van der Waals surface area contributed by atoms with E-state index in [1.54, 1.807) is 0 Å². The van der Waals surface area contributed by atoms with Crippen molar-refractivity contribution in [3.8, 4) is 0 Å². The van der Waals surface area contributed by atoms with Gasteiger partial charge in [0.05, 0.1) is 0 Å². The van der Waals surface area contributed by atoms with Crippen LogP contribution < -0.4 is 0 Å². The number of carboxylic acid groups (broad SMARTS) is 1. The topological polar surface area (TPSA) is 37.3 Å². The molecule has 0 aromatic carbocycles. The van der Waals surface area contributed by atoms with Crippen LogP contribution in [-0.2, 0) is 16.0 Å². The number of rotatable bonds is 0. The first-order chi connectivity index (χ1) is 4.68. The van der Waals surface area contributed by atoms with E-state index in [-0.39, 0.29) is 12.4 Å². The van der Waals surface area contributed by atoms with Crippen molar-refractivity contribution in [2.24, 2.45) is 0 Å². The van der Waals surface area contributed by atoms with E-state index >= 15 is 0 Å². The molecule has 0 saturated heterocycles. The van der Waals surface area contributed by atoms with Crippen LogP contribution in [-0.4, -0.2) is 14.9 Å². The van der Waals surface area contributed by atoms with Crippen LogP contribution in [0.5, 0.6) is 0 Å². The third-order valence-electron chi connectivity index (χ3n) is 0.243. The van der Waals surface area contributed by atoms with Gasteiger partial charge in [0.2, 0.25) is 0 Å². The van der Waals surface area contributed by atoms with E-state index in [2.05, 4.69) is 0 Å². The SMILES string of the molecule is Cl.O=C(O)C(Cl)(Cl)Cl.[Cl][Fe]([Cl])[Cl]. The zero-order valence-corrected chi connectivity index (χ0v) is 11.3. The van der Waals surface area contributed by atoms with E-state index in [9.17, 15) is 4.79 Å². The Kier molecular flexibility index (Phi) is 15.6. The number of hydrogen-bond acceptors (Lipinski definition) is 1. The van der Waals surface area contributed by atoms with Crippen LogP contribution >= 0.6 is 77.5 Å². The molecule has 0 aliphatic carbocycles. The summed E-state index contributed by atoms with van der Waals surface area (Å²) < 4.78 is -2.17. The Hall–Kier alpha value is 2.02. The second kappa shape index (κ2) is 9.57. The number of carboxylic acids is 1. The summed E-state index contributed by atoms with van der Waals surface area (Å²) in [6.45, 7) is 0. The molecular weight excluding hydrogens is 360 g/mol. The van der Waals surface area contributed by atoms with Gasteiger partial charge in [-0.25, -0.2) is 4.79 Å². The predicted octanol–water partition coefficient (Wildman–Crippen LogP) is 3.93. The molecule has 0 spiro atoms. The molecule has 10 heteroatoms. The molecule has 0 fully saturated rings. The summed E-state index contributed by atoms with van der Waals surface area (Å²) in [6, 6.07) is 0. The summed E-state index contributed by atoms with van der Waals surface area (Å²) in [5, 5.41) is 7.85. The fourth-order valence-electron chi connectivity index (χ4n) is 0. The second-order valence-corrected chi connectivity index (χ2v) is 8.71. The Morgan fingerprint density at radius 1 is 1.17 bits per heavy atom. The van der Waals surface area contributed by atoms with Crippen molar-refractivity contribution in [2.75, 3.05) is 0 Å². The predicted molar refractivity (Wildman–Crippen MR) is 52.7 cm³/mol. The van der Waals surface area contributed by atoms with Gasteiger partial charge in [0, 0.05) is 0 Å². The van der Waals surface area contributed by atoms with Gasteiger partial charge in [-0.05, 0) is 0 Å². The fourth-order valence-corrected chi connectivity index (χ4v) is 0. The molecule has 0 radical (unpaired) electrons. The average molecular weight is 362 g/mol. The number of carbonyl (C=O) groups is 1. The summed E-state index contributed by atoms with van der Waals surface area (Å²) >= 11 is 13.1. The van der Waals surface area contributed by atoms with Gasteiger partial charge in [0.25, 0.3) is 3.79 Å². The Bertz CT molecular complexity index is 118. The van der Waals surface area contributed by atoms with Crippen molar-refractivity contribution in [3.63, 3.8) is 0 Å². The van der Waals surface area contributed by atoms with Gasteiger partial charge >= 0.3 is 47.4 Å². The van der Waals surface area contributed by atoms with Crippen LogP contribution in [0.3, 0.4) is 0 Å². The van der Waals surface area contributed by atoms with E-state index in [1.165, 1.54) is 0 Å². The molecular formula is C2H2Cl7FeO2. The molecule has 0 aliphatic rings. The summed E-state index contributed by atoms with van der Waals surface area (Å²) in [4.78, 5) is 9.62. The summed E-state index contributed by atoms with van der Waals surface area (Å²) in [7, 11) is 14.7. The molecule has 0 heterocycles. The molecule has 0 bridgehead atoms. The van der Waals surface area contributed by atoms with Gasteiger partial charge in [-0.2, -0.15) is 0 Å². The van der Waals surface area contributed by atoms with Gasteiger partial charge in [0.15, 0.2) is 0 Å². The van der Waals surface area contributed by atoms with Crippen molar-refractivity contribution in [1.29, 1.82) is 0 Å². The summed E-state index contributed by atoms with van der Waals surface area (Å²) in [5.41, 5.74) is 0. The first kappa shape index (κ1) is 19.6. The normalized spacial score (nSPS) is 10.3. The number of aliphatic carboxylic acids is 1. The van der Waals surface area contributed by atoms with Crippen LogP contribution in [0.15, 0.2) is 0 Å². The van der Waals surface area contributed by atoms with Gasteiger partial charge in [-0.1, -0.05) is 34.8 Å². The Morgan fingerprint density at radius 3 is 1.25 bits per heavy atom. The second-order valence-electron chi connectivity index (χ2n) is 0.954. The molecule has 79 valence electrons. The van der Waals surface area contributed by atoms with Crippen molar-refractivity contribution in [2.45, 2.75) is 3.79 Å². The maximum atomic E-state index is 9.62. The molecule has 0 aliphatic heterocycles. The molecule has 2 nitrogen and oxygen atoms in total. The van der Waals surface area contributed by atoms with Crippen LogP contribution in [0.4, 0.5) is 0 Å². The summed E-state index contributed by atoms with van der Waals surface area (Å²) in [6.07, 6.45) is 0. The van der Waals surface area contributed by atoms with E-state index in [0.29, 0.717) is 0 Å². The Balaban J connectivity index is -0.000000142. The third-order valence-corrected chi connectivity index (χ3v) is 0.728. The molecule has 0 rings (SSSR count). The first-order valence-corrected chi connectivity index (χ1v) is 7.34. The minimum atomic E-state index is -2.17. The Morgan fingerprint density at radius 2 is 1.25 bits per heavy atom. The fraction of sp³-hybridized carbons (Fsp3) is 0.500. The van der Waals surface area contributed by atoms with Crippen molar-refractivity contribution < 1.29 is 21.1 Å². The van der Waals surface area contributed by atoms with Gasteiger partial charge in [-0.15, -0.1) is 12.4 Å². The van der Waals surface area contributed by atoms with Crippen LogP contribution in [0.2, 0.25) is 0 Å². The van der Waals surface area contributed by atoms with Crippen LogP contribution in [0.1, 0.15) is 0 Å². The summed E-state index contributed by atoms with van der Waals surface area (Å²) in [5.74, 6) is -1.46. The van der Waals surface area contributed by atoms with E-state index in [4.69, 9.17) is 70.2 Å². The van der Waals surface area contributed by atoms with Crippen molar-refractivity contribution in [3.05, 3.63) is 0 Å². The van der Waals surface area contributed by atoms with Gasteiger partial charge < -0.3 is 5.11 Å². The molecule has 0 amide bonds. The number of alkyl halides is 3. The minimum absolute atomic E-state index is 0. The molecule has 0 saturated carbocycles. The van der Waals surface area contributed by atoms with Gasteiger partial charge in [-0.3, -0.25) is 0 Å². The monoisotopic (exact) mass is 359 g/mol. The standard InChI is InChI=1S/C2HCl3O2.4ClH.Fe/c3-2(4,5)1(6)7;;;;;/h(H,6,7);4*1H;/q;;;;;+3/p-3. The van der Waals surface area contributed by atoms with Crippen LogP contribution in [0, 0.1) is 0 Å². The zero-order valence-electron chi connectivity index (χ0n) is 4.89. The molecule has 0 aromatic heterocycles. The van der Waals surface area contributed by atoms with Crippen LogP contribution in [0.25, 0.3) is 0 Å². The Labute approximate surface area is 107 Å². The van der Waals surface area contributed by atoms with Crippen molar-refractivity contribution in [1.82, 2.24) is 0 Å². The molecule has 0 unspecified atom stereocenters. The number of hydrogen-bond donors (Lipinski definition) is 1. The van der Waals surface area contributed by atoms with E-state index < -0.39 is 20.9 Å².